The Balaban J connectivity index is 0.00000147. The molecule has 1 N–H and O–H groups in total. The van der Waals surface area contributed by atoms with Crippen LogP contribution in [0.5, 0.6) is 5.75 Å². The van der Waals surface area contributed by atoms with Crippen molar-refractivity contribution in [3.8, 4) is 5.75 Å². The molecule has 0 aliphatic carbocycles. The molecule has 0 aromatic heterocycles. The highest BCUT2D eigenvalue weighted by Crippen LogP contribution is 2.49. The summed E-state index contributed by atoms with van der Waals surface area (Å²) in [6, 6.07) is 6.49. The summed E-state index contributed by atoms with van der Waals surface area (Å²) in [5.74, 6) is 2.51. The van der Waals surface area contributed by atoms with E-state index in [0.717, 1.165) is 23.1 Å². The van der Waals surface area contributed by atoms with Gasteiger partial charge in [0.2, 0.25) is 0 Å². The van der Waals surface area contributed by atoms with Crippen molar-refractivity contribution in [2.45, 2.75) is 17.4 Å². The highest BCUT2D eigenvalue weighted by atomic mass is 35.5. The maximum absolute atomic E-state index is 11.4. The van der Waals surface area contributed by atoms with E-state index in [1.54, 1.807) is 7.05 Å². The van der Waals surface area contributed by atoms with Gasteiger partial charge in [0, 0.05) is 18.8 Å². The van der Waals surface area contributed by atoms with Crippen molar-refractivity contribution in [1.29, 1.82) is 0 Å². The van der Waals surface area contributed by atoms with Gasteiger partial charge in [-0.1, -0.05) is 12.1 Å². The van der Waals surface area contributed by atoms with Gasteiger partial charge in [0.1, 0.15) is 5.75 Å². The van der Waals surface area contributed by atoms with Crippen molar-refractivity contribution in [2.75, 3.05) is 26.4 Å². The minimum Gasteiger partial charge on any atom is -0.409 e. The molecule has 1 amide bonds. The van der Waals surface area contributed by atoms with Crippen LogP contribution in [0.4, 0.5) is 4.79 Å². The molecule has 3 rings (SSSR count). The molecule has 6 heteroatoms. The van der Waals surface area contributed by atoms with Crippen molar-refractivity contribution in [3.05, 3.63) is 23.8 Å². The Morgan fingerprint density at radius 1 is 1.50 bits per heavy atom. The molecule has 1 fully saturated rings. The van der Waals surface area contributed by atoms with Crippen LogP contribution in [0.2, 0.25) is 0 Å². The second kappa shape index (κ2) is 6.24. The van der Waals surface area contributed by atoms with Crippen LogP contribution in [0.15, 0.2) is 23.1 Å². The standard InChI is InChI=1S/C14H18N2O2S.ClH/c1-15-14(17)18-11-5-3-4-10-12-9(6-7-16(12)2)8-19-13(10)11;/h3-5,9,12H,6-8H2,1-2H3,(H,15,17);1H/t9-,12-;/m0./s1. The van der Waals surface area contributed by atoms with Gasteiger partial charge in [0.15, 0.2) is 0 Å². The van der Waals surface area contributed by atoms with Gasteiger partial charge in [-0.15, -0.1) is 24.2 Å². The molecule has 4 nitrogen and oxygen atoms in total. The molecular weight excluding hydrogens is 296 g/mol. The fraction of sp³-hybridized carbons (Fsp3) is 0.500. The number of benzene rings is 1. The lowest BCUT2D eigenvalue weighted by Crippen LogP contribution is -2.26. The summed E-state index contributed by atoms with van der Waals surface area (Å²) < 4.78 is 5.36. The second-order valence-electron chi connectivity index (χ2n) is 5.10. The van der Waals surface area contributed by atoms with Crippen molar-refractivity contribution >= 4 is 30.3 Å². The van der Waals surface area contributed by atoms with Crippen LogP contribution in [0, 0.1) is 5.92 Å². The summed E-state index contributed by atoms with van der Waals surface area (Å²) in [7, 11) is 3.75. The molecule has 20 heavy (non-hydrogen) atoms. The first-order valence-electron chi connectivity index (χ1n) is 6.56. The smallest absolute Gasteiger partial charge is 0.409 e. The van der Waals surface area contributed by atoms with Crippen LogP contribution in [-0.4, -0.2) is 37.4 Å². The Morgan fingerprint density at radius 2 is 2.30 bits per heavy atom. The third kappa shape index (κ3) is 2.62. The van der Waals surface area contributed by atoms with Crippen LogP contribution in [0.3, 0.4) is 0 Å². The maximum atomic E-state index is 11.4. The van der Waals surface area contributed by atoms with Gasteiger partial charge >= 0.3 is 6.09 Å². The number of halogens is 1. The highest BCUT2D eigenvalue weighted by Gasteiger charge is 2.38. The van der Waals surface area contributed by atoms with Gasteiger partial charge in [-0.3, -0.25) is 4.90 Å². The molecule has 0 radical (unpaired) electrons. The lowest BCUT2D eigenvalue weighted by molar-refractivity contribution is 0.201. The summed E-state index contributed by atoms with van der Waals surface area (Å²) in [6.07, 6.45) is 0.851. The lowest BCUT2D eigenvalue weighted by atomic mass is 9.94. The van der Waals surface area contributed by atoms with Gasteiger partial charge in [0.05, 0.1) is 4.90 Å². The number of amides is 1. The molecule has 1 saturated heterocycles. The molecule has 1 aromatic carbocycles. The Hall–Kier alpha value is -0.910. The minimum atomic E-state index is -0.407. The molecular formula is C14H19ClN2O2S. The van der Waals surface area contributed by atoms with Crippen LogP contribution in [0.25, 0.3) is 0 Å². The molecule has 1 aromatic rings. The zero-order valence-corrected chi connectivity index (χ0v) is 13.2. The third-order valence-corrected chi connectivity index (χ3v) is 5.27. The predicted molar refractivity (Wildman–Crippen MR) is 83.0 cm³/mol. The Morgan fingerprint density at radius 3 is 3.05 bits per heavy atom. The van der Waals surface area contributed by atoms with Gasteiger partial charge in [0.25, 0.3) is 0 Å². The molecule has 110 valence electrons. The summed E-state index contributed by atoms with van der Waals surface area (Å²) in [6.45, 7) is 1.15. The number of nitrogens with one attached hydrogen (secondary N) is 1. The fourth-order valence-corrected chi connectivity index (χ4v) is 4.37. The van der Waals surface area contributed by atoms with Crippen molar-refractivity contribution in [2.24, 2.45) is 5.92 Å². The summed E-state index contributed by atoms with van der Waals surface area (Å²) in [4.78, 5) is 14.9. The minimum absolute atomic E-state index is 0. The number of nitrogens with zero attached hydrogens (tertiary/aromatic N) is 1. The Bertz CT molecular complexity index is 512. The van der Waals surface area contributed by atoms with E-state index in [-0.39, 0.29) is 12.4 Å². The van der Waals surface area contributed by atoms with Crippen LogP contribution >= 0.6 is 24.2 Å². The van der Waals surface area contributed by atoms with Crippen molar-refractivity contribution in [1.82, 2.24) is 10.2 Å². The Labute approximate surface area is 129 Å². The van der Waals surface area contributed by atoms with E-state index in [2.05, 4.69) is 23.3 Å². The van der Waals surface area contributed by atoms with E-state index in [1.807, 2.05) is 23.9 Å². The summed E-state index contributed by atoms with van der Waals surface area (Å²) in [5, 5.41) is 2.49. The van der Waals surface area contributed by atoms with Crippen molar-refractivity contribution in [3.63, 3.8) is 0 Å². The first-order chi connectivity index (χ1) is 9.20. The van der Waals surface area contributed by atoms with Gasteiger partial charge in [-0.05, 0) is 37.6 Å². The number of carbonyl (C=O) groups excluding carboxylic acids is 1. The molecule has 2 heterocycles. The van der Waals surface area contributed by atoms with E-state index in [4.69, 9.17) is 4.74 Å². The average Bonchev–Trinajstić information content (AvgIpc) is 2.81. The van der Waals surface area contributed by atoms with Crippen molar-refractivity contribution < 1.29 is 9.53 Å². The quantitative estimate of drug-likeness (QED) is 0.865. The number of hydrogen-bond acceptors (Lipinski definition) is 4. The average molecular weight is 315 g/mol. The molecule has 2 aliphatic rings. The lowest BCUT2D eigenvalue weighted by Gasteiger charge is -2.32. The summed E-state index contributed by atoms with van der Waals surface area (Å²) in [5.41, 5.74) is 1.31. The van der Waals surface area contributed by atoms with Crippen LogP contribution in [0.1, 0.15) is 18.0 Å². The maximum Gasteiger partial charge on any atom is 0.412 e. The SMILES string of the molecule is CNC(=O)Oc1cccc2c1SC[C@@H]1CCN(C)[C@H]21.Cl. The monoisotopic (exact) mass is 314 g/mol. The second-order valence-corrected chi connectivity index (χ2v) is 6.13. The molecule has 0 saturated carbocycles. The first-order valence-corrected chi connectivity index (χ1v) is 7.54. The number of carbonyl (C=O) groups is 1. The molecule has 0 spiro atoms. The fourth-order valence-electron chi connectivity index (χ4n) is 3.03. The highest BCUT2D eigenvalue weighted by molar-refractivity contribution is 7.99. The van der Waals surface area contributed by atoms with E-state index in [9.17, 15) is 4.79 Å². The van der Waals surface area contributed by atoms with E-state index >= 15 is 0 Å². The van der Waals surface area contributed by atoms with E-state index in [1.165, 1.54) is 12.0 Å². The number of hydrogen-bond donors (Lipinski definition) is 1. The van der Waals surface area contributed by atoms with E-state index < -0.39 is 6.09 Å². The number of rotatable bonds is 1. The number of likely N-dealkylation sites (tertiary alicyclic amines) is 1. The van der Waals surface area contributed by atoms with Gasteiger partial charge in [-0.25, -0.2) is 4.79 Å². The number of thioether (sulfide) groups is 1. The first kappa shape index (κ1) is 15.5. The molecule has 2 atom stereocenters. The zero-order valence-electron chi connectivity index (χ0n) is 11.6. The normalized spacial score (nSPS) is 24.3. The Kier molecular flexibility index (Phi) is 4.83. The van der Waals surface area contributed by atoms with E-state index in [0.29, 0.717) is 11.8 Å². The topological polar surface area (TPSA) is 41.6 Å². The van der Waals surface area contributed by atoms with Gasteiger partial charge in [-0.2, -0.15) is 0 Å². The zero-order chi connectivity index (χ0) is 13.4. The number of fused-ring (bicyclic) bond motifs is 3. The summed E-state index contributed by atoms with van der Waals surface area (Å²) >= 11 is 1.81. The third-order valence-electron chi connectivity index (χ3n) is 3.95. The largest absolute Gasteiger partial charge is 0.412 e. The molecule has 0 bridgehead atoms. The van der Waals surface area contributed by atoms with Crippen LogP contribution < -0.4 is 10.1 Å². The number of ether oxygens (including phenoxy) is 1. The van der Waals surface area contributed by atoms with Gasteiger partial charge < -0.3 is 10.1 Å². The molecule has 2 aliphatic heterocycles. The van der Waals surface area contributed by atoms with Crippen LogP contribution in [-0.2, 0) is 0 Å². The predicted octanol–water partition coefficient (Wildman–Crippen LogP) is 2.93. The molecule has 0 unspecified atom stereocenters.